The number of nitrogens with two attached hydrogens (primary N) is 1. The molecule has 0 spiro atoms. The first kappa shape index (κ1) is 23.4. The van der Waals surface area contributed by atoms with E-state index in [1.54, 1.807) is 0 Å². The van der Waals surface area contributed by atoms with Crippen LogP contribution in [0.5, 0.6) is 0 Å². The average molecular weight is 405 g/mol. The zero-order valence-corrected chi connectivity index (χ0v) is 17.8. The zero-order chi connectivity index (χ0) is 21.6. The lowest BCUT2D eigenvalue weighted by atomic mass is 9.93. The molecule has 4 nitrogen and oxygen atoms in total. The molecule has 30 heavy (non-hydrogen) atoms. The number of rotatable bonds is 12. The van der Waals surface area contributed by atoms with Crippen molar-refractivity contribution >= 4 is 11.5 Å². The van der Waals surface area contributed by atoms with Crippen LogP contribution in [0, 0.1) is 11.3 Å². The Bertz CT molecular complexity index is 797. The smallest absolute Gasteiger partial charge is 0.351 e. The molecule has 1 unspecified atom stereocenters. The van der Waals surface area contributed by atoms with Crippen LogP contribution in [0.4, 0.5) is 0 Å². The molecule has 2 aromatic rings. The van der Waals surface area contributed by atoms with E-state index in [0.717, 1.165) is 24.0 Å². The molecule has 2 rings (SSSR count). The molecule has 2 aromatic carbocycles. The summed E-state index contributed by atoms with van der Waals surface area (Å²) >= 11 is 0. The Morgan fingerprint density at radius 3 is 1.90 bits per heavy atom. The summed E-state index contributed by atoms with van der Waals surface area (Å²) < 4.78 is 5.43. The third-order valence-corrected chi connectivity index (χ3v) is 5.04. The quantitative estimate of drug-likeness (QED) is 0.155. The molecule has 4 heteroatoms. The van der Waals surface area contributed by atoms with Crippen LogP contribution in [-0.2, 0) is 9.53 Å². The summed E-state index contributed by atoms with van der Waals surface area (Å²) in [5.41, 5.74) is 8.15. The fourth-order valence-corrected chi connectivity index (χ4v) is 3.43. The molecule has 0 aliphatic heterocycles. The van der Waals surface area contributed by atoms with Gasteiger partial charge in [0.25, 0.3) is 0 Å². The minimum absolute atomic E-state index is 0.0255. The molecule has 0 saturated heterocycles. The second-order valence-corrected chi connectivity index (χ2v) is 7.45. The number of carbonyl (C=O) groups excluding carboxylic acids is 1. The number of ether oxygens (including phenoxy) is 1. The van der Waals surface area contributed by atoms with Crippen LogP contribution in [-0.4, -0.2) is 12.2 Å². The molecular formula is C26H32N2O2. The van der Waals surface area contributed by atoms with Crippen molar-refractivity contribution in [2.24, 2.45) is 5.73 Å². The first-order chi connectivity index (χ1) is 14.7. The Balaban J connectivity index is 2.06. The number of hydrogen-bond acceptors (Lipinski definition) is 4. The normalized spacial score (nSPS) is 11.4. The van der Waals surface area contributed by atoms with E-state index in [4.69, 9.17) is 10.5 Å². The molecule has 0 aliphatic carbocycles. The minimum atomic E-state index is -0.704. The first-order valence-electron chi connectivity index (χ1n) is 10.9. The number of unbranched alkanes of at least 4 members (excludes halogenated alkanes) is 6. The van der Waals surface area contributed by atoms with E-state index in [2.05, 4.69) is 6.92 Å². The maximum absolute atomic E-state index is 12.8. The van der Waals surface area contributed by atoms with E-state index in [0.29, 0.717) is 12.0 Å². The van der Waals surface area contributed by atoms with Crippen LogP contribution in [0.25, 0.3) is 5.57 Å². The third-order valence-electron chi connectivity index (χ3n) is 5.04. The van der Waals surface area contributed by atoms with Gasteiger partial charge in [0.05, 0.1) is 0 Å². The number of carbonyl (C=O) groups is 1. The van der Waals surface area contributed by atoms with E-state index < -0.39 is 12.2 Å². The molecule has 158 valence electrons. The molecule has 0 aromatic heterocycles. The molecule has 0 aliphatic rings. The monoisotopic (exact) mass is 404 g/mol. The molecule has 0 amide bonds. The lowest BCUT2D eigenvalue weighted by molar-refractivity contribution is -0.143. The van der Waals surface area contributed by atoms with Crippen molar-refractivity contribution < 1.29 is 9.53 Å². The second-order valence-electron chi connectivity index (χ2n) is 7.45. The van der Waals surface area contributed by atoms with Crippen molar-refractivity contribution in [2.45, 2.75) is 64.5 Å². The van der Waals surface area contributed by atoms with Gasteiger partial charge in [-0.1, -0.05) is 106 Å². The number of nitriles is 1. The Labute approximate surface area is 180 Å². The van der Waals surface area contributed by atoms with Gasteiger partial charge in [0.1, 0.15) is 11.6 Å². The first-order valence-corrected chi connectivity index (χ1v) is 10.9. The summed E-state index contributed by atoms with van der Waals surface area (Å²) in [4.78, 5) is 12.8. The summed E-state index contributed by atoms with van der Waals surface area (Å²) in [7, 11) is 0. The number of nitrogens with zero attached hydrogens (tertiary/aromatic N) is 1. The third kappa shape index (κ3) is 7.50. The van der Waals surface area contributed by atoms with Gasteiger partial charge in [-0.2, -0.15) is 5.26 Å². The van der Waals surface area contributed by atoms with E-state index in [1.165, 1.54) is 32.1 Å². The largest absolute Gasteiger partial charge is 0.443 e. The highest BCUT2D eigenvalue weighted by Crippen LogP contribution is 2.27. The fourth-order valence-electron chi connectivity index (χ4n) is 3.43. The highest BCUT2D eigenvalue weighted by molar-refractivity contribution is 6.05. The van der Waals surface area contributed by atoms with Crippen molar-refractivity contribution in [1.29, 1.82) is 5.26 Å². The van der Waals surface area contributed by atoms with E-state index in [9.17, 15) is 10.1 Å². The summed E-state index contributed by atoms with van der Waals surface area (Å²) in [6.45, 7) is 2.21. The van der Waals surface area contributed by atoms with Crippen molar-refractivity contribution in [1.82, 2.24) is 0 Å². The highest BCUT2D eigenvalue weighted by atomic mass is 16.6. The number of benzene rings is 2. The van der Waals surface area contributed by atoms with Gasteiger partial charge >= 0.3 is 5.97 Å². The Morgan fingerprint density at radius 1 is 0.900 bits per heavy atom. The van der Waals surface area contributed by atoms with Crippen molar-refractivity contribution in [3.63, 3.8) is 0 Å². The van der Waals surface area contributed by atoms with Crippen LogP contribution >= 0.6 is 0 Å². The molecule has 0 radical (unpaired) electrons. The molecule has 0 heterocycles. The maximum Gasteiger partial charge on any atom is 0.351 e. The van der Waals surface area contributed by atoms with Gasteiger partial charge in [0.15, 0.2) is 6.23 Å². The predicted molar refractivity (Wildman–Crippen MR) is 121 cm³/mol. The highest BCUT2D eigenvalue weighted by Gasteiger charge is 2.21. The molecule has 1 atom stereocenters. The van der Waals surface area contributed by atoms with Crippen LogP contribution in [0.3, 0.4) is 0 Å². The lowest BCUT2D eigenvalue weighted by Crippen LogP contribution is -2.28. The average Bonchev–Trinajstić information content (AvgIpc) is 2.77. The Kier molecular flexibility index (Phi) is 10.4. The van der Waals surface area contributed by atoms with Crippen molar-refractivity contribution in [3.8, 4) is 6.07 Å². The number of hydrogen-bond donors (Lipinski definition) is 1. The Morgan fingerprint density at radius 2 is 1.40 bits per heavy atom. The summed E-state index contributed by atoms with van der Waals surface area (Å²) in [6, 6.07) is 20.9. The summed E-state index contributed by atoms with van der Waals surface area (Å²) in [5.74, 6) is -0.671. The molecule has 0 fully saturated rings. The number of esters is 1. The van der Waals surface area contributed by atoms with E-state index in [-0.39, 0.29) is 5.57 Å². The van der Waals surface area contributed by atoms with Gasteiger partial charge in [-0.25, -0.2) is 4.79 Å². The van der Waals surface area contributed by atoms with Gasteiger partial charge in [-0.15, -0.1) is 0 Å². The van der Waals surface area contributed by atoms with E-state index in [1.807, 2.05) is 66.7 Å². The molecule has 0 bridgehead atoms. The lowest BCUT2D eigenvalue weighted by Gasteiger charge is -2.15. The van der Waals surface area contributed by atoms with Crippen LogP contribution in [0.2, 0.25) is 0 Å². The van der Waals surface area contributed by atoms with Crippen LogP contribution in [0.1, 0.15) is 69.4 Å². The molecular weight excluding hydrogens is 372 g/mol. The van der Waals surface area contributed by atoms with Gasteiger partial charge in [-0.05, 0) is 24.0 Å². The van der Waals surface area contributed by atoms with Gasteiger partial charge < -0.3 is 4.74 Å². The molecule has 0 saturated carbocycles. The topological polar surface area (TPSA) is 76.1 Å². The van der Waals surface area contributed by atoms with Crippen molar-refractivity contribution in [2.75, 3.05) is 0 Å². The van der Waals surface area contributed by atoms with Crippen LogP contribution in [0.15, 0.2) is 66.2 Å². The van der Waals surface area contributed by atoms with Crippen molar-refractivity contribution in [3.05, 3.63) is 77.4 Å². The van der Waals surface area contributed by atoms with Gasteiger partial charge in [0, 0.05) is 5.57 Å². The predicted octanol–water partition coefficient (Wildman–Crippen LogP) is 5.98. The van der Waals surface area contributed by atoms with E-state index >= 15 is 0 Å². The summed E-state index contributed by atoms with van der Waals surface area (Å²) in [6.07, 6.45) is 8.10. The maximum atomic E-state index is 12.8. The van der Waals surface area contributed by atoms with Crippen LogP contribution < -0.4 is 5.73 Å². The summed E-state index contributed by atoms with van der Waals surface area (Å²) in [5, 5.41) is 9.77. The van der Waals surface area contributed by atoms with Gasteiger partial charge in [-0.3, -0.25) is 5.73 Å². The SMILES string of the molecule is CCCCCCCCCC(N)OC(=O)C(C#N)=C(c1ccccc1)c1ccccc1. The zero-order valence-electron chi connectivity index (χ0n) is 17.8. The Hall–Kier alpha value is -2.90. The fraction of sp³-hybridized carbons (Fsp3) is 0.385. The minimum Gasteiger partial charge on any atom is -0.443 e. The second kappa shape index (κ2) is 13.3. The standard InChI is InChI=1S/C26H32N2O2/c1-2-3-4-5-6-7-14-19-24(28)30-26(29)23(20-27)25(21-15-10-8-11-16-21)22-17-12-9-13-18-22/h8-13,15-18,24H,2-7,14,19,28H2,1H3. The molecule has 2 N–H and O–H groups in total. The van der Waals surface area contributed by atoms with Gasteiger partial charge in [0.2, 0.25) is 0 Å².